The van der Waals surface area contributed by atoms with Gasteiger partial charge in [-0.1, -0.05) is 45.0 Å². The number of carbonyl (C=O) groups excluding carboxylic acids is 1. The Morgan fingerprint density at radius 3 is 2.44 bits per heavy atom. The van der Waals surface area contributed by atoms with E-state index < -0.39 is 0 Å². The molecule has 0 N–H and O–H groups in total. The van der Waals surface area contributed by atoms with E-state index in [0.29, 0.717) is 30.1 Å². The number of benzene rings is 2. The van der Waals surface area contributed by atoms with Crippen molar-refractivity contribution in [2.24, 2.45) is 0 Å². The van der Waals surface area contributed by atoms with Crippen LogP contribution in [0.4, 0.5) is 4.39 Å². The lowest BCUT2D eigenvalue weighted by molar-refractivity contribution is 0.0725. The molecule has 0 saturated carbocycles. The van der Waals surface area contributed by atoms with E-state index in [1.807, 2.05) is 23.1 Å². The summed E-state index contributed by atoms with van der Waals surface area (Å²) in [4.78, 5) is 20.3. The molecule has 0 bridgehead atoms. The van der Waals surface area contributed by atoms with Crippen molar-refractivity contribution in [3.05, 3.63) is 89.0 Å². The first-order valence-corrected chi connectivity index (χ1v) is 10.8. The van der Waals surface area contributed by atoms with E-state index in [-0.39, 0.29) is 17.1 Å². The monoisotopic (exact) mass is 428 g/mol. The molecule has 0 fully saturated rings. The average Bonchev–Trinajstić information content (AvgIpc) is 3.23. The highest BCUT2D eigenvalue weighted by Gasteiger charge is 2.26. The molecule has 1 amide bonds. The van der Waals surface area contributed by atoms with Crippen molar-refractivity contribution in [1.82, 2.24) is 19.5 Å². The predicted molar refractivity (Wildman–Crippen MR) is 122 cm³/mol. The van der Waals surface area contributed by atoms with Gasteiger partial charge in [-0.15, -0.1) is 0 Å². The van der Waals surface area contributed by atoms with Gasteiger partial charge in [0.2, 0.25) is 0 Å². The minimum absolute atomic E-state index is 0.0844. The van der Waals surface area contributed by atoms with E-state index in [2.05, 4.69) is 32.9 Å². The number of hydrogen-bond acceptors (Lipinski definition) is 3. The summed E-state index contributed by atoms with van der Waals surface area (Å²) >= 11 is 0. The quantitative estimate of drug-likeness (QED) is 0.450. The van der Waals surface area contributed by atoms with Gasteiger partial charge in [-0.3, -0.25) is 4.79 Å². The zero-order chi connectivity index (χ0) is 22.5. The van der Waals surface area contributed by atoms with Gasteiger partial charge in [0.1, 0.15) is 11.5 Å². The Balaban J connectivity index is 1.62. The lowest BCUT2D eigenvalue weighted by Gasteiger charge is -2.29. The topological polar surface area (TPSA) is 50.5 Å². The molecule has 0 atom stereocenters. The van der Waals surface area contributed by atoms with Crippen LogP contribution >= 0.6 is 0 Å². The zero-order valence-corrected chi connectivity index (χ0v) is 18.5. The van der Waals surface area contributed by atoms with Crippen molar-refractivity contribution < 1.29 is 9.18 Å². The highest BCUT2D eigenvalue weighted by molar-refractivity contribution is 5.94. The Hall–Kier alpha value is -3.54. The average molecular weight is 429 g/mol. The maximum atomic E-state index is 13.7. The molecule has 6 heteroatoms. The Morgan fingerprint density at radius 1 is 1.00 bits per heavy atom. The number of carbonyl (C=O) groups is 1. The molecule has 0 aliphatic carbocycles. The van der Waals surface area contributed by atoms with E-state index in [0.717, 1.165) is 17.7 Å². The first kappa shape index (κ1) is 20.4. The van der Waals surface area contributed by atoms with Crippen molar-refractivity contribution >= 4 is 11.6 Å². The molecule has 162 valence electrons. The van der Waals surface area contributed by atoms with Crippen LogP contribution in [0, 0.1) is 5.82 Å². The smallest absolute Gasteiger partial charge is 0.272 e. The van der Waals surface area contributed by atoms with Crippen LogP contribution in [-0.2, 0) is 18.4 Å². The molecule has 2 aromatic heterocycles. The number of fused-ring (bicyclic) bond motifs is 2. The standard InChI is InChI=1S/C26H25FN4O/c1-26(2,3)23-15-24-28-21(18-8-10-20(27)11-9-18)14-22(31(24)29-23)25(32)30-13-12-17-6-4-5-7-19(17)16-30/h4-11,14-15H,12-13,16H2,1-3H3. The van der Waals surface area contributed by atoms with E-state index >= 15 is 0 Å². The molecule has 1 aliphatic heterocycles. The fourth-order valence-corrected chi connectivity index (χ4v) is 4.09. The summed E-state index contributed by atoms with van der Waals surface area (Å²) in [5.74, 6) is -0.392. The lowest BCUT2D eigenvalue weighted by Crippen LogP contribution is -2.37. The number of aromatic nitrogens is 3. The van der Waals surface area contributed by atoms with E-state index in [1.54, 1.807) is 22.7 Å². The molecular weight excluding hydrogens is 403 g/mol. The second kappa shape index (κ2) is 7.55. The summed E-state index contributed by atoms with van der Waals surface area (Å²) in [5.41, 5.74) is 5.59. The Bertz CT molecular complexity index is 1320. The fourth-order valence-electron chi connectivity index (χ4n) is 4.09. The second-order valence-electron chi connectivity index (χ2n) is 9.33. The van der Waals surface area contributed by atoms with Crippen LogP contribution in [0.5, 0.6) is 0 Å². The predicted octanol–water partition coefficient (Wildman–Crippen LogP) is 5.03. The molecular formula is C26H25FN4O. The third-order valence-electron chi connectivity index (χ3n) is 5.97. The summed E-state index contributed by atoms with van der Waals surface area (Å²) in [6.45, 7) is 7.47. The number of amides is 1. The molecule has 2 aromatic carbocycles. The molecule has 5 rings (SSSR count). The van der Waals surface area contributed by atoms with Gasteiger partial charge in [-0.05, 0) is 47.9 Å². The highest BCUT2D eigenvalue weighted by atomic mass is 19.1. The maximum absolute atomic E-state index is 13.7. The second-order valence-corrected chi connectivity index (χ2v) is 9.33. The largest absolute Gasteiger partial charge is 0.333 e. The minimum atomic E-state index is -0.308. The minimum Gasteiger partial charge on any atom is -0.333 e. The van der Waals surface area contributed by atoms with Crippen LogP contribution in [0.25, 0.3) is 16.9 Å². The highest BCUT2D eigenvalue weighted by Crippen LogP contribution is 2.27. The van der Waals surface area contributed by atoms with E-state index in [1.165, 1.54) is 23.3 Å². The van der Waals surface area contributed by atoms with Gasteiger partial charge in [0.15, 0.2) is 5.65 Å². The van der Waals surface area contributed by atoms with Crippen LogP contribution in [0.2, 0.25) is 0 Å². The molecule has 0 saturated heterocycles. The Labute approximate surface area is 186 Å². The summed E-state index contributed by atoms with van der Waals surface area (Å²) in [6.07, 6.45) is 0.827. The van der Waals surface area contributed by atoms with Gasteiger partial charge >= 0.3 is 0 Å². The van der Waals surface area contributed by atoms with Crippen LogP contribution in [0.3, 0.4) is 0 Å². The van der Waals surface area contributed by atoms with Gasteiger partial charge in [0.05, 0.1) is 11.4 Å². The van der Waals surface area contributed by atoms with E-state index in [9.17, 15) is 9.18 Å². The maximum Gasteiger partial charge on any atom is 0.272 e. The van der Waals surface area contributed by atoms with E-state index in [4.69, 9.17) is 10.1 Å². The van der Waals surface area contributed by atoms with Crippen LogP contribution in [0.1, 0.15) is 48.1 Å². The molecule has 4 aromatic rings. The summed E-state index contributed by atoms with van der Waals surface area (Å²) in [7, 11) is 0. The van der Waals surface area contributed by atoms with Crippen molar-refractivity contribution in [3.63, 3.8) is 0 Å². The SMILES string of the molecule is CC(C)(C)c1cc2nc(-c3ccc(F)cc3)cc(C(=O)N3CCc4ccccc4C3)n2n1. The first-order chi connectivity index (χ1) is 15.3. The molecule has 32 heavy (non-hydrogen) atoms. The molecule has 1 aliphatic rings. The molecule has 3 heterocycles. The van der Waals surface area contributed by atoms with Crippen molar-refractivity contribution in [3.8, 4) is 11.3 Å². The fraction of sp³-hybridized carbons (Fsp3) is 0.269. The van der Waals surface area contributed by atoms with Crippen molar-refractivity contribution in [2.75, 3.05) is 6.54 Å². The number of halogens is 1. The van der Waals surface area contributed by atoms with Gasteiger partial charge in [-0.25, -0.2) is 13.9 Å². The zero-order valence-electron chi connectivity index (χ0n) is 18.5. The molecule has 0 spiro atoms. The summed E-state index contributed by atoms with van der Waals surface area (Å²) in [6, 6.07) is 18.1. The summed E-state index contributed by atoms with van der Waals surface area (Å²) < 4.78 is 15.1. The van der Waals surface area contributed by atoms with Gasteiger partial charge in [-0.2, -0.15) is 5.10 Å². The normalized spacial score (nSPS) is 13.9. The lowest BCUT2D eigenvalue weighted by atomic mass is 9.93. The first-order valence-electron chi connectivity index (χ1n) is 10.8. The third kappa shape index (κ3) is 3.66. The molecule has 5 nitrogen and oxygen atoms in total. The molecule has 0 radical (unpaired) electrons. The number of nitrogens with zero attached hydrogens (tertiary/aromatic N) is 4. The van der Waals surface area contributed by atoms with Crippen LogP contribution in [0.15, 0.2) is 60.7 Å². The van der Waals surface area contributed by atoms with Gasteiger partial charge in [0, 0.05) is 30.1 Å². The molecule has 0 unspecified atom stereocenters. The third-order valence-corrected chi connectivity index (χ3v) is 5.97. The Morgan fingerprint density at radius 2 is 1.72 bits per heavy atom. The van der Waals surface area contributed by atoms with Crippen LogP contribution < -0.4 is 0 Å². The number of hydrogen-bond donors (Lipinski definition) is 0. The number of rotatable bonds is 2. The Kier molecular flexibility index (Phi) is 4.81. The van der Waals surface area contributed by atoms with Crippen molar-refractivity contribution in [1.29, 1.82) is 0 Å². The van der Waals surface area contributed by atoms with Gasteiger partial charge in [0.25, 0.3) is 5.91 Å². The van der Waals surface area contributed by atoms with Crippen LogP contribution in [-0.4, -0.2) is 31.9 Å². The summed E-state index contributed by atoms with van der Waals surface area (Å²) in [5, 5.41) is 4.74. The van der Waals surface area contributed by atoms with Gasteiger partial charge < -0.3 is 4.90 Å². The van der Waals surface area contributed by atoms with Crippen molar-refractivity contribution in [2.45, 2.75) is 39.2 Å².